The molecule has 13 heavy (non-hydrogen) atoms. The van der Waals surface area contributed by atoms with Gasteiger partial charge in [0.1, 0.15) is 9.84 Å². The van der Waals surface area contributed by atoms with Gasteiger partial charge in [-0.15, -0.1) is 0 Å². The van der Waals surface area contributed by atoms with Crippen molar-refractivity contribution < 1.29 is 13.5 Å². The van der Waals surface area contributed by atoms with Gasteiger partial charge in [0.05, 0.1) is 11.9 Å². The maximum Gasteiger partial charge on any atom is 0.147 e. The molecular formula is C9H18O3S. The summed E-state index contributed by atoms with van der Waals surface area (Å²) in [4.78, 5) is 0. The first-order valence-corrected chi connectivity index (χ1v) is 6.91. The summed E-state index contributed by atoms with van der Waals surface area (Å²) in [6.45, 7) is 0. The molecule has 78 valence electrons. The van der Waals surface area contributed by atoms with Gasteiger partial charge in [0, 0.05) is 6.26 Å². The number of hydrogen-bond donors (Lipinski definition) is 1. The molecule has 1 saturated carbocycles. The van der Waals surface area contributed by atoms with Crippen LogP contribution in [0.5, 0.6) is 0 Å². The molecule has 1 aliphatic rings. The fourth-order valence-electron chi connectivity index (χ4n) is 1.89. The van der Waals surface area contributed by atoms with Crippen LogP contribution in [-0.2, 0) is 9.84 Å². The van der Waals surface area contributed by atoms with Gasteiger partial charge in [0.15, 0.2) is 0 Å². The Bertz CT molecular complexity index is 246. The van der Waals surface area contributed by atoms with Crippen LogP contribution < -0.4 is 0 Å². The average Bonchev–Trinajstić information content (AvgIpc) is 2.01. The minimum absolute atomic E-state index is 0.212. The first kappa shape index (κ1) is 11.0. The van der Waals surface area contributed by atoms with Crippen LogP contribution >= 0.6 is 0 Å². The van der Waals surface area contributed by atoms with Crippen LogP contribution in [0.1, 0.15) is 32.1 Å². The Morgan fingerprint density at radius 3 is 2.46 bits per heavy atom. The van der Waals surface area contributed by atoms with Crippen molar-refractivity contribution in [3.05, 3.63) is 0 Å². The molecule has 0 aliphatic heterocycles. The molecule has 0 spiro atoms. The maximum atomic E-state index is 10.9. The standard InChI is InChI=1S/C9H18O3S/c1-13(11,12)7-6-8-4-2-3-5-9(8)10/h8-10H,2-7H2,1H3. The topological polar surface area (TPSA) is 54.4 Å². The van der Waals surface area contributed by atoms with Gasteiger partial charge in [0.25, 0.3) is 0 Å². The first-order chi connectivity index (χ1) is 5.99. The lowest BCUT2D eigenvalue weighted by Gasteiger charge is -2.27. The largest absolute Gasteiger partial charge is 0.393 e. The molecule has 2 unspecified atom stereocenters. The van der Waals surface area contributed by atoms with E-state index in [2.05, 4.69) is 0 Å². The van der Waals surface area contributed by atoms with Gasteiger partial charge < -0.3 is 5.11 Å². The molecule has 2 atom stereocenters. The van der Waals surface area contributed by atoms with Crippen LogP contribution in [0.3, 0.4) is 0 Å². The molecule has 1 fully saturated rings. The van der Waals surface area contributed by atoms with E-state index in [-0.39, 0.29) is 17.8 Å². The van der Waals surface area contributed by atoms with Crippen LogP contribution in [0.15, 0.2) is 0 Å². The molecule has 1 rings (SSSR count). The Kier molecular flexibility index (Phi) is 3.74. The zero-order valence-corrected chi connectivity index (χ0v) is 8.89. The third-order valence-electron chi connectivity index (χ3n) is 2.73. The summed E-state index contributed by atoms with van der Waals surface area (Å²) in [6, 6.07) is 0. The average molecular weight is 206 g/mol. The number of aliphatic hydroxyl groups is 1. The van der Waals surface area contributed by atoms with E-state index in [1.807, 2.05) is 0 Å². The van der Waals surface area contributed by atoms with Crippen molar-refractivity contribution >= 4 is 9.84 Å². The number of rotatable bonds is 3. The lowest BCUT2D eigenvalue weighted by molar-refractivity contribution is 0.0684. The van der Waals surface area contributed by atoms with Crippen LogP contribution in [0.4, 0.5) is 0 Å². The highest BCUT2D eigenvalue weighted by atomic mass is 32.2. The number of sulfone groups is 1. The lowest BCUT2D eigenvalue weighted by Crippen LogP contribution is -2.26. The van der Waals surface area contributed by atoms with Gasteiger partial charge in [0.2, 0.25) is 0 Å². The summed E-state index contributed by atoms with van der Waals surface area (Å²) in [5.41, 5.74) is 0. The molecule has 0 heterocycles. The van der Waals surface area contributed by atoms with Gasteiger partial charge in [-0.25, -0.2) is 8.42 Å². The van der Waals surface area contributed by atoms with E-state index < -0.39 is 9.84 Å². The second kappa shape index (κ2) is 4.42. The molecule has 0 saturated heterocycles. The van der Waals surface area contributed by atoms with Gasteiger partial charge in [-0.1, -0.05) is 12.8 Å². The van der Waals surface area contributed by atoms with Crippen LogP contribution in [0.2, 0.25) is 0 Å². The van der Waals surface area contributed by atoms with E-state index in [1.54, 1.807) is 0 Å². The van der Waals surface area contributed by atoms with Crippen molar-refractivity contribution in [2.45, 2.75) is 38.2 Å². The fraction of sp³-hybridized carbons (Fsp3) is 1.00. The van der Waals surface area contributed by atoms with E-state index in [0.717, 1.165) is 25.7 Å². The second-order valence-electron chi connectivity index (χ2n) is 4.03. The number of aliphatic hydroxyl groups excluding tert-OH is 1. The predicted octanol–water partition coefficient (Wildman–Crippen LogP) is 0.972. The van der Waals surface area contributed by atoms with Crippen molar-refractivity contribution in [1.82, 2.24) is 0 Å². The molecule has 0 aromatic heterocycles. The Morgan fingerprint density at radius 1 is 1.31 bits per heavy atom. The normalized spacial score (nSPS) is 30.3. The summed E-state index contributed by atoms with van der Waals surface area (Å²) in [6.07, 6.45) is 5.64. The minimum atomic E-state index is -2.86. The first-order valence-electron chi connectivity index (χ1n) is 4.85. The van der Waals surface area contributed by atoms with Crippen molar-refractivity contribution in [3.63, 3.8) is 0 Å². The highest BCUT2D eigenvalue weighted by Crippen LogP contribution is 2.27. The summed E-state index contributed by atoms with van der Waals surface area (Å²) in [5, 5.41) is 9.57. The van der Waals surface area contributed by atoms with E-state index in [9.17, 15) is 13.5 Å². The molecule has 4 heteroatoms. The van der Waals surface area contributed by atoms with Gasteiger partial charge in [-0.3, -0.25) is 0 Å². The van der Waals surface area contributed by atoms with E-state index in [4.69, 9.17) is 0 Å². The van der Waals surface area contributed by atoms with Crippen molar-refractivity contribution in [2.75, 3.05) is 12.0 Å². The maximum absolute atomic E-state index is 10.9. The Labute approximate surface area is 80.1 Å². The van der Waals surface area contributed by atoms with Crippen molar-refractivity contribution in [3.8, 4) is 0 Å². The summed E-state index contributed by atoms with van der Waals surface area (Å²) in [7, 11) is -2.86. The summed E-state index contributed by atoms with van der Waals surface area (Å²) >= 11 is 0. The fourth-order valence-corrected chi connectivity index (χ4v) is 2.62. The highest BCUT2D eigenvalue weighted by Gasteiger charge is 2.23. The van der Waals surface area contributed by atoms with Crippen molar-refractivity contribution in [1.29, 1.82) is 0 Å². The lowest BCUT2D eigenvalue weighted by atomic mass is 9.85. The third kappa shape index (κ3) is 4.09. The third-order valence-corrected chi connectivity index (χ3v) is 3.71. The van der Waals surface area contributed by atoms with Crippen LogP contribution in [0, 0.1) is 5.92 Å². The Balaban J connectivity index is 2.35. The van der Waals surface area contributed by atoms with E-state index >= 15 is 0 Å². The second-order valence-corrected chi connectivity index (χ2v) is 6.29. The molecule has 0 amide bonds. The van der Waals surface area contributed by atoms with Gasteiger partial charge >= 0.3 is 0 Å². The predicted molar refractivity (Wildman–Crippen MR) is 52.3 cm³/mol. The number of hydrogen-bond acceptors (Lipinski definition) is 3. The molecule has 3 nitrogen and oxygen atoms in total. The molecular weight excluding hydrogens is 188 g/mol. The monoisotopic (exact) mass is 206 g/mol. The van der Waals surface area contributed by atoms with Gasteiger partial charge in [-0.05, 0) is 25.2 Å². The minimum Gasteiger partial charge on any atom is -0.393 e. The Hall–Kier alpha value is -0.0900. The Morgan fingerprint density at radius 2 is 1.92 bits per heavy atom. The molecule has 0 bridgehead atoms. The van der Waals surface area contributed by atoms with E-state index in [0.29, 0.717) is 6.42 Å². The van der Waals surface area contributed by atoms with Crippen LogP contribution in [0.25, 0.3) is 0 Å². The van der Waals surface area contributed by atoms with E-state index in [1.165, 1.54) is 6.26 Å². The smallest absolute Gasteiger partial charge is 0.147 e. The molecule has 0 aromatic carbocycles. The van der Waals surface area contributed by atoms with Gasteiger partial charge in [-0.2, -0.15) is 0 Å². The van der Waals surface area contributed by atoms with Crippen LogP contribution in [-0.4, -0.2) is 31.6 Å². The summed E-state index contributed by atoms with van der Waals surface area (Å²) < 4.78 is 21.8. The summed E-state index contributed by atoms with van der Waals surface area (Å²) in [5.74, 6) is 0.429. The molecule has 1 aliphatic carbocycles. The molecule has 1 N–H and O–H groups in total. The van der Waals surface area contributed by atoms with Crippen molar-refractivity contribution in [2.24, 2.45) is 5.92 Å². The zero-order chi connectivity index (χ0) is 9.90. The molecule has 0 aromatic rings. The quantitative estimate of drug-likeness (QED) is 0.748. The zero-order valence-electron chi connectivity index (χ0n) is 8.07. The SMILES string of the molecule is CS(=O)(=O)CCC1CCCCC1O. The highest BCUT2D eigenvalue weighted by molar-refractivity contribution is 7.90. The molecule has 0 radical (unpaired) electrons.